The highest BCUT2D eigenvalue weighted by molar-refractivity contribution is 6.31. The molecule has 0 heterocycles. The summed E-state index contributed by atoms with van der Waals surface area (Å²) >= 11 is 5.68. The van der Waals surface area contributed by atoms with E-state index in [1.165, 1.54) is 25.1 Å². The topological polar surface area (TPSA) is 34.1 Å². The number of carbonyl (C=O) groups is 2. The lowest BCUT2D eigenvalue weighted by atomic mass is 10.0. The minimum absolute atomic E-state index is 0.0267. The third-order valence-corrected chi connectivity index (χ3v) is 3.73. The lowest BCUT2D eigenvalue weighted by Gasteiger charge is -2.04. The van der Waals surface area contributed by atoms with E-state index < -0.39 is 5.82 Å². The van der Waals surface area contributed by atoms with Gasteiger partial charge in [0, 0.05) is 17.5 Å². The number of halogens is 2. The quantitative estimate of drug-likeness (QED) is 0.711. The van der Waals surface area contributed by atoms with E-state index in [-0.39, 0.29) is 16.6 Å². The van der Waals surface area contributed by atoms with Gasteiger partial charge in [-0.15, -0.1) is 0 Å². The van der Waals surface area contributed by atoms with E-state index in [0.717, 1.165) is 5.56 Å². The Balaban J connectivity index is 1.93. The van der Waals surface area contributed by atoms with Crippen LogP contribution < -0.4 is 0 Å². The Morgan fingerprint density at radius 3 is 2.55 bits per heavy atom. The lowest BCUT2D eigenvalue weighted by Crippen LogP contribution is -2.01. The average Bonchev–Trinajstić information content (AvgIpc) is 2.50. The summed E-state index contributed by atoms with van der Waals surface area (Å²) in [6, 6.07) is 11.4. The molecule has 0 aliphatic carbocycles. The summed E-state index contributed by atoms with van der Waals surface area (Å²) in [7, 11) is 0. The number of hydrogen-bond acceptors (Lipinski definition) is 2. The number of Topliss-reactive ketones (excluding diaryl/α,β-unsaturated/α-hetero) is 2. The van der Waals surface area contributed by atoms with Crippen molar-refractivity contribution in [1.29, 1.82) is 0 Å². The highest BCUT2D eigenvalue weighted by atomic mass is 35.5. The summed E-state index contributed by atoms with van der Waals surface area (Å²) in [5.41, 5.74) is 2.12. The SMILES string of the molecule is CC(=O)c1cccc(CCCC(=O)c2ccc(F)c(Cl)c2)c1. The summed E-state index contributed by atoms with van der Waals surface area (Å²) in [5.74, 6) is -0.567. The van der Waals surface area contributed by atoms with Gasteiger partial charge in [-0.3, -0.25) is 9.59 Å². The zero-order valence-electron chi connectivity index (χ0n) is 12.2. The van der Waals surface area contributed by atoms with Crippen LogP contribution in [-0.2, 0) is 6.42 Å². The van der Waals surface area contributed by atoms with Crippen molar-refractivity contribution in [1.82, 2.24) is 0 Å². The highest BCUT2D eigenvalue weighted by Gasteiger charge is 2.09. The molecule has 0 saturated carbocycles. The number of benzene rings is 2. The fourth-order valence-electron chi connectivity index (χ4n) is 2.21. The summed E-state index contributed by atoms with van der Waals surface area (Å²) < 4.78 is 13.1. The first-order valence-electron chi connectivity index (χ1n) is 7.05. The van der Waals surface area contributed by atoms with E-state index in [2.05, 4.69) is 0 Å². The van der Waals surface area contributed by atoms with Crippen LogP contribution in [0.4, 0.5) is 4.39 Å². The van der Waals surface area contributed by atoms with Gasteiger partial charge in [-0.25, -0.2) is 4.39 Å². The van der Waals surface area contributed by atoms with Gasteiger partial charge >= 0.3 is 0 Å². The van der Waals surface area contributed by atoms with Crippen LogP contribution in [0.1, 0.15) is 46.0 Å². The van der Waals surface area contributed by atoms with E-state index in [4.69, 9.17) is 11.6 Å². The van der Waals surface area contributed by atoms with Crippen molar-refractivity contribution in [2.75, 3.05) is 0 Å². The molecule has 4 heteroatoms. The Kier molecular flexibility index (Phi) is 5.45. The van der Waals surface area contributed by atoms with Gasteiger partial charge < -0.3 is 0 Å². The minimum atomic E-state index is -0.528. The highest BCUT2D eigenvalue weighted by Crippen LogP contribution is 2.18. The van der Waals surface area contributed by atoms with Crippen molar-refractivity contribution in [2.45, 2.75) is 26.2 Å². The van der Waals surface area contributed by atoms with Gasteiger partial charge in [0.2, 0.25) is 0 Å². The molecule has 0 unspecified atom stereocenters. The molecule has 0 aliphatic rings. The molecule has 22 heavy (non-hydrogen) atoms. The molecule has 114 valence electrons. The molecule has 0 atom stereocenters. The Labute approximate surface area is 133 Å². The van der Waals surface area contributed by atoms with E-state index in [9.17, 15) is 14.0 Å². The molecule has 0 spiro atoms. The van der Waals surface area contributed by atoms with Crippen LogP contribution >= 0.6 is 11.6 Å². The summed E-state index contributed by atoms with van der Waals surface area (Å²) in [4.78, 5) is 23.4. The average molecular weight is 319 g/mol. The standard InChI is InChI=1S/C18H16ClFO2/c1-12(21)14-6-2-4-13(10-14)5-3-7-18(22)15-8-9-17(20)16(19)11-15/h2,4,6,8-11H,3,5,7H2,1H3. The molecule has 2 nitrogen and oxygen atoms in total. The van der Waals surface area contributed by atoms with Crippen LogP contribution in [-0.4, -0.2) is 11.6 Å². The van der Waals surface area contributed by atoms with E-state index >= 15 is 0 Å². The predicted molar refractivity (Wildman–Crippen MR) is 85.1 cm³/mol. The number of hydrogen-bond donors (Lipinski definition) is 0. The Bertz CT molecular complexity index is 710. The molecule has 2 aromatic carbocycles. The third kappa shape index (κ3) is 4.25. The first-order chi connectivity index (χ1) is 10.5. The Morgan fingerprint density at radius 1 is 1.09 bits per heavy atom. The molecule has 0 radical (unpaired) electrons. The van der Waals surface area contributed by atoms with Gasteiger partial charge in [0.1, 0.15) is 5.82 Å². The molecule has 0 saturated heterocycles. The van der Waals surface area contributed by atoms with Gasteiger partial charge in [-0.1, -0.05) is 29.8 Å². The van der Waals surface area contributed by atoms with E-state index in [1.54, 1.807) is 6.07 Å². The predicted octanol–water partition coefficient (Wildman–Crippen LogP) is 4.89. The number of carbonyl (C=O) groups excluding carboxylic acids is 2. The normalized spacial score (nSPS) is 10.5. The van der Waals surface area contributed by atoms with Crippen LogP contribution in [0.15, 0.2) is 42.5 Å². The first kappa shape index (κ1) is 16.4. The van der Waals surface area contributed by atoms with Crippen molar-refractivity contribution in [2.24, 2.45) is 0 Å². The van der Waals surface area contributed by atoms with Gasteiger partial charge in [-0.05, 0) is 49.6 Å². The van der Waals surface area contributed by atoms with Crippen LogP contribution in [0.25, 0.3) is 0 Å². The molecule has 0 aliphatic heterocycles. The second kappa shape index (κ2) is 7.32. The maximum Gasteiger partial charge on any atom is 0.162 e. The first-order valence-corrected chi connectivity index (χ1v) is 7.43. The van der Waals surface area contributed by atoms with Crippen LogP contribution in [0.2, 0.25) is 5.02 Å². The Morgan fingerprint density at radius 2 is 1.86 bits per heavy atom. The second-order valence-corrected chi connectivity index (χ2v) is 5.57. The molecular formula is C18H16ClFO2. The minimum Gasteiger partial charge on any atom is -0.295 e. The van der Waals surface area contributed by atoms with Gasteiger partial charge in [0.25, 0.3) is 0 Å². The fraction of sp³-hybridized carbons (Fsp3) is 0.222. The molecule has 2 aromatic rings. The van der Waals surface area contributed by atoms with Crippen molar-refractivity contribution >= 4 is 23.2 Å². The largest absolute Gasteiger partial charge is 0.295 e. The molecular weight excluding hydrogens is 303 g/mol. The molecule has 0 fully saturated rings. The van der Waals surface area contributed by atoms with Crippen LogP contribution in [0.5, 0.6) is 0 Å². The van der Waals surface area contributed by atoms with E-state index in [1.807, 2.05) is 18.2 Å². The van der Waals surface area contributed by atoms with Crippen molar-refractivity contribution in [3.63, 3.8) is 0 Å². The summed E-state index contributed by atoms with van der Waals surface area (Å²) in [6.07, 6.45) is 1.73. The van der Waals surface area contributed by atoms with Gasteiger partial charge in [0.15, 0.2) is 11.6 Å². The molecule has 2 rings (SSSR count). The maximum atomic E-state index is 13.1. The van der Waals surface area contributed by atoms with Crippen LogP contribution in [0, 0.1) is 5.82 Å². The second-order valence-electron chi connectivity index (χ2n) is 5.16. The van der Waals surface area contributed by atoms with Gasteiger partial charge in [-0.2, -0.15) is 0 Å². The number of ketones is 2. The maximum absolute atomic E-state index is 13.1. The smallest absolute Gasteiger partial charge is 0.162 e. The molecule has 0 N–H and O–H groups in total. The van der Waals surface area contributed by atoms with Crippen molar-refractivity contribution in [3.8, 4) is 0 Å². The summed E-state index contributed by atoms with van der Waals surface area (Å²) in [5, 5.41) is -0.0417. The summed E-state index contributed by atoms with van der Waals surface area (Å²) in [6.45, 7) is 1.53. The third-order valence-electron chi connectivity index (χ3n) is 3.44. The number of aryl methyl sites for hydroxylation is 1. The monoisotopic (exact) mass is 318 g/mol. The zero-order valence-corrected chi connectivity index (χ0v) is 13.0. The molecule has 0 bridgehead atoms. The molecule has 0 aromatic heterocycles. The molecule has 0 amide bonds. The van der Waals surface area contributed by atoms with E-state index in [0.29, 0.717) is 30.4 Å². The number of rotatable bonds is 6. The van der Waals surface area contributed by atoms with Gasteiger partial charge in [0.05, 0.1) is 5.02 Å². The lowest BCUT2D eigenvalue weighted by molar-refractivity contribution is 0.0978. The fourth-order valence-corrected chi connectivity index (χ4v) is 2.39. The van der Waals surface area contributed by atoms with Crippen molar-refractivity contribution < 1.29 is 14.0 Å². The zero-order chi connectivity index (χ0) is 16.1. The van der Waals surface area contributed by atoms with Crippen LogP contribution in [0.3, 0.4) is 0 Å². The Hall–Kier alpha value is -2.00. The van der Waals surface area contributed by atoms with Crippen molar-refractivity contribution in [3.05, 3.63) is 70.0 Å².